The van der Waals surface area contributed by atoms with Gasteiger partial charge in [-0.2, -0.15) is 0 Å². The molecule has 0 aromatic rings. The molecule has 14 heavy (non-hydrogen) atoms. The molecule has 0 bridgehead atoms. The number of amides is 1. The van der Waals surface area contributed by atoms with Gasteiger partial charge in [-0.15, -0.1) is 0 Å². The van der Waals surface area contributed by atoms with Crippen LogP contribution in [0, 0.1) is 0 Å². The van der Waals surface area contributed by atoms with Crippen molar-refractivity contribution in [3.63, 3.8) is 0 Å². The van der Waals surface area contributed by atoms with Crippen LogP contribution in [-0.4, -0.2) is 47.6 Å². The Morgan fingerprint density at radius 2 is 2.14 bits per heavy atom. The average molecular weight is 200 g/mol. The Morgan fingerprint density at radius 1 is 1.50 bits per heavy atom. The number of carboxylic acid groups (broad SMARTS) is 1. The summed E-state index contributed by atoms with van der Waals surface area (Å²) in [5, 5.41) is 11.3. The second-order valence-electron chi connectivity index (χ2n) is 3.58. The molecule has 1 saturated carbocycles. The van der Waals surface area contributed by atoms with E-state index in [2.05, 4.69) is 5.32 Å². The highest BCUT2D eigenvalue weighted by molar-refractivity contribution is 5.72. The van der Waals surface area contributed by atoms with Crippen molar-refractivity contribution in [3.05, 3.63) is 0 Å². The molecular weight excluding hydrogens is 184 g/mol. The van der Waals surface area contributed by atoms with Gasteiger partial charge in [0, 0.05) is 26.1 Å². The van der Waals surface area contributed by atoms with Gasteiger partial charge in [0.2, 0.25) is 5.91 Å². The third-order valence-corrected chi connectivity index (χ3v) is 2.17. The number of nitrogens with one attached hydrogen (secondary N) is 1. The van der Waals surface area contributed by atoms with Gasteiger partial charge in [0.15, 0.2) is 0 Å². The van der Waals surface area contributed by atoms with Gasteiger partial charge in [-0.1, -0.05) is 0 Å². The van der Waals surface area contributed by atoms with Gasteiger partial charge in [0.25, 0.3) is 0 Å². The van der Waals surface area contributed by atoms with Gasteiger partial charge < -0.3 is 10.4 Å². The number of hydrogen-bond donors (Lipinski definition) is 2. The summed E-state index contributed by atoms with van der Waals surface area (Å²) in [7, 11) is 0. The Balaban J connectivity index is 2.21. The summed E-state index contributed by atoms with van der Waals surface area (Å²) < 4.78 is 0. The fourth-order valence-corrected chi connectivity index (χ4v) is 1.38. The average Bonchev–Trinajstić information content (AvgIpc) is 2.83. The first-order valence-electron chi connectivity index (χ1n) is 4.80. The van der Waals surface area contributed by atoms with Crippen molar-refractivity contribution in [2.24, 2.45) is 0 Å². The molecule has 1 aliphatic rings. The standard InChI is InChI=1S/C9H16N2O3/c1-7(12)10-4-5-11(6-9(13)14)8-2-3-8/h8H,2-6H2,1H3,(H,10,12)(H,13,14). The van der Waals surface area contributed by atoms with Crippen molar-refractivity contribution < 1.29 is 14.7 Å². The van der Waals surface area contributed by atoms with Crippen molar-refractivity contribution in [2.75, 3.05) is 19.6 Å². The third-order valence-electron chi connectivity index (χ3n) is 2.17. The Morgan fingerprint density at radius 3 is 2.57 bits per heavy atom. The molecule has 1 aliphatic carbocycles. The highest BCUT2D eigenvalue weighted by Crippen LogP contribution is 2.25. The van der Waals surface area contributed by atoms with Crippen LogP contribution in [0.1, 0.15) is 19.8 Å². The number of rotatable bonds is 6. The summed E-state index contributed by atoms with van der Waals surface area (Å²) in [4.78, 5) is 23.0. The van der Waals surface area contributed by atoms with Crippen LogP contribution in [0.4, 0.5) is 0 Å². The van der Waals surface area contributed by atoms with Crippen LogP contribution in [0.5, 0.6) is 0 Å². The Kier molecular flexibility index (Phi) is 3.88. The van der Waals surface area contributed by atoms with Crippen LogP contribution in [-0.2, 0) is 9.59 Å². The molecule has 2 N–H and O–H groups in total. The molecule has 5 nitrogen and oxygen atoms in total. The van der Waals surface area contributed by atoms with Gasteiger partial charge in [0.05, 0.1) is 6.54 Å². The maximum atomic E-state index is 10.6. The molecule has 0 saturated heterocycles. The number of carbonyl (C=O) groups is 2. The Labute approximate surface area is 83.1 Å². The predicted octanol–water partition coefficient (Wildman–Crippen LogP) is -0.328. The fourth-order valence-electron chi connectivity index (χ4n) is 1.38. The highest BCUT2D eigenvalue weighted by Gasteiger charge is 2.29. The topological polar surface area (TPSA) is 69.6 Å². The Bertz CT molecular complexity index is 226. The van der Waals surface area contributed by atoms with Crippen LogP contribution < -0.4 is 5.32 Å². The molecular formula is C9H16N2O3. The van der Waals surface area contributed by atoms with E-state index < -0.39 is 5.97 Å². The smallest absolute Gasteiger partial charge is 0.317 e. The first-order chi connectivity index (χ1) is 6.59. The minimum absolute atomic E-state index is 0.0731. The van der Waals surface area contributed by atoms with Crippen molar-refractivity contribution >= 4 is 11.9 Å². The minimum atomic E-state index is -0.806. The molecule has 80 valence electrons. The highest BCUT2D eigenvalue weighted by atomic mass is 16.4. The van der Waals surface area contributed by atoms with Crippen molar-refractivity contribution in [3.8, 4) is 0 Å². The maximum Gasteiger partial charge on any atom is 0.317 e. The summed E-state index contributed by atoms with van der Waals surface area (Å²) in [5.41, 5.74) is 0. The zero-order valence-electron chi connectivity index (χ0n) is 8.32. The lowest BCUT2D eigenvalue weighted by molar-refractivity contribution is -0.138. The normalized spacial score (nSPS) is 15.6. The number of nitrogens with zero attached hydrogens (tertiary/aromatic N) is 1. The lowest BCUT2D eigenvalue weighted by Crippen LogP contribution is -2.38. The van der Waals surface area contributed by atoms with Crippen molar-refractivity contribution in [2.45, 2.75) is 25.8 Å². The van der Waals surface area contributed by atoms with E-state index in [0.29, 0.717) is 19.1 Å². The quantitative estimate of drug-likeness (QED) is 0.616. The second-order valence-corrected chi connectivity index (χ2v) is 3.58. The Hall–Kier alpha value is -1.10. The molecule has 0 aromatic heterocycles. The summed E-state index contributed by atoms with van der Waals surface area (Å²) in [6.07, 6.45) is 2.15. The number of aliphatic carboxylic acids is 1. The number of carboxylic acids is 1. The van der Waals surface area contributed by atoms with E-state index in [4.69, 9.17) is 5.11 Å². The molecule has 0 spiro atoms. The van der Waals surface area contributed by atoms with Crippen LogP contribution in [0.25, 0.3) is 0 Å². The maximum absolute atomic E-state index is 10.6. The van der Waals surface area contributed by atoms with E-state index in [0.717, 1.165) is 12.8 Å². The molecule has 1 rings (SSSR count). The third kappa shape index (κ3) is 4.23. The van der Waals surface area contributed by atoms with Crippen LogP contribution in [0.3, 0.4) is 0 Å². The SMILES string of the molecule is CC(=O)NCCN(CC(=O)O)C1CC1. The van der Waals surface area contributed by atoms with E-state index in [1.54, 1.807) is 0 Å². The summed E-state index contributed by atoms with van der Waals surface area (Å²) in [6.45, 7) is 2.68. The first-order valence-corrected chi connectivity index (χ1v) is 4.80. The van der Waals surface area contributed by atoms with Gasteiger partial charge in [-0.3, -0.25) is 14.5 Å². The molecule has 0 aliphatic heterocycles. The molecule has 0 heterocycles. The predicted molar refractivity (Wildman–Crippen MR) is 50.9 cm³/mol. The van der Waals surface area contributed by atoms with Gasteiger partial charge >= 0.3 is 5.97 Å². The molecule has 0 atom stereocenters. The summed E-state index contributed by atoms with van der Waals surface area (Å²) in [5.74, 6) is -0.879. The number of hydrogen-bond acceptors (Lipinski definition) is 3. The van der Waals surface area contributed by atoms with E-state index >= 15 is 0 Å². The zero-order valence-corrected chi connectivity index (χ0v) is 8.32. The minimum Gasteiger partial charge on any atom is -0.480 e. The van der Waals surface area contributed by atoms with Gasteiger partial charge in [-0.05, 0) is 12.8 Å². The van der Waals surface area contributed by atoms with Crippen molar-refractivity contribution in [1.82, 2.24) is 10.2 Å². The fraction of sp³-hybridized carbons (Fsp3) is 0.778. The summed E-state index contributed by atoms with van der Waals surface area (Å²) >= 11 is 0. The molecule has 1 fully saturated rings. The molecule has 0 unspecified atom stereocenters. The van der Waals surface area contributed by atoms with E-state index in [1.807, 2.05) is 4.90 Å². The van der Waals surface area contributed by atoms with Crippen molar-refractivity contribution in [1.29, 1.82) is 0 Å². The second kappa shape index (κ2) is 4.95. The van der Waals surface area contributed by atoms with E-state index in [1.165, 1.54) is 6.92 Å². The largest absolute Gasteiger partial charge is 0.480 e. The number of carbonyl (C=O) groups excluding carboxylic acids is 1. The first kappa shape index (κ1) is 11.0. The zero-order chi connectivity index (χ0) is 10.6. The lowest BCUT2D eigenvalue weighted by Gasteiger charge is -2.19. The van der Waals surface area contributed by atoms with Crippen LogP contribution >= 0.6 is 0 Å². The monoisotopic (exact) mass is 200 g/mol. The molecule has 1 amide bonds. The molecule has 0 aromatic carbocycles. The van der Waals surface area contributed by atoms with Gasteiger partial charge in [-0.25, -0.2) is 0 Å². The summed E-state index contributed by atoms with van der Waals surface area (Å²) in [6, 6.07) is 0.417. The molecule has 5 heteroatoms. The van der Waals surface area contributed by atoms with Crippen LogP contribution in [0.15, 0.2) is 0 Å². The van der Waals surface area contributed by atoms with Gasteiger partial charge in [0.1, 0.15) is 0 Å². The lowest BCUT2D eigenvalue weighted by atomic mass is 10.4. The van der Waals surface area contributed by atoms with E-state index in [9.17, 15) is 9.59 Å². The van der Waals surface area contributed by atoms with Crippen LogP contribution in [0.2, 0.25) is 0 Å². The van der Waals surface area contributed by atoms with E-state index in [-0.39, 0.29) is 12.5 Å². The molecule has 0 radical (unpaired) electrons.